The van der Waals surface area contributed by atoms with Crippen molar-refractivity contribution in [2.75, 3.05) is 38.5 Å². The van der Waals surface area contributed by atoms with Crippen LogP contribution in [0.4, 0.5) is 5.00 Å². The SMILES string of the molecule is CN1CCN(C(=O)c2c(NC(=O)c3ccccc3Cl)sc3c2CC[C@@H](C(C)(C)C)C3)CC1. The summed E-state index contributed by atoms with van der Waals surface area (Å²) in [6.07, 6.45) is 2.90. The van der Waals surface area contributed by atoms with Crippen LogP contribution in [0.15, 0.2) is 24.3 Å². The lowest BCUT2D eigenvalue weighted by atomic mass is 9.72. The van der Waals surface area contributed by atoms with Gasteiger partial charge < -0.3 is 15.1 Å². The van der Waals surface area contributed by atoms with Gasteiger partial charge in [0.25, 0.3) is 11.8 Å². The topological polar surface area (TPSA) is 52.6 Å². The molecule has 2 aliphatic rings. The number of nitrogens with zero attached hydrogens (tertiary/aromatic N) is 2. The smallest absolute Gasteiger partial charge is 0.257 e. The van der Waals surface area contributed by atoms with Gasteiger partial charge in [-0.05, 0) is 55.3 Å². The van der Waals surface area contributed by atoms with E-state index in [1.807, 2.05) is 4.90 Å². The molecule has 4 rings (SSSR count). The number of anilines is 1. The molecule has 1 N–H and O–H groups in total. The fraction of sp³-hybridized carbons (Fsp3) is 0.520. The van der Waals surface area contributed by atoms with Crippen LogP contribution in [0.3, 0.4) is 0 Å². The number of halogens is 1. The second-order valence-corrected chi connectivity index (χ2v) is 11.6. The van der Waals surface area contributed by atoms with Crippen molar-refractivity contribution < 1.29 is 9.59 Å². The van der Waals surface area contributed by atoms with E-state index in [4.69, 9.17) is 11.6 Å². The maximum atomic E-state index is 13.7. The van der Waals surface area contributed by atoms with E-state index in [9.17, 15) is 9.59 Å². The van der Waals surface area contributed by atoms with Gasteiger partial charge in [0.05, 0.1) is 16.1 Å². The van der Waals surface area contributed by atoms with Crippen molar-refractivity contribution in [3.63, 3.8) is 0 Å². The minimum atomic E-state index is -0.269. The number of thiophene rings is 1. The molecule has 1 atom stereocenters. The first-order chi connectivity index (χ1) is 15.1. The molecule has 1 fully saturated rings. The van der Waals surface area contributed by atoms with Gasteiger partial charge in [-0.3, -0.25) is 9.59 Å². The Balaban J connectivity index is 1.68. The van der Waals surface area contributed by atoms with Crippen molar-refractivity contribution in [3.8, 4) is 0 Å². The molecule has 1 aromatic carbocycles. The molecule has 1 saturated heterocycles. The van der Waals surface area contributed by atoms with Gasteiger partial charge in [-0.2, -0.15) is 0 Å². The third-order valence-corrected chi connectivity index (χ3v) is 8.34. The van der Waals surface area contributed by atoms with Gasteiger partial charge in [0.1, 0.15) is 5.00 Å². The summed E-state index contributed by atoms with van der Waals surface area (Å²) in [6.45, 7) is 10.0. The normalized spacial score (nSPS) is 19.5. The van der Waals surface area contributed by atoms with Crippen LogP contribution in [0.5, 0.6) is 0 Å². The van der Waals surface area contributed by atoms with Crippen molar-refractivity contribution in [2.24, 2.45) is 11.3 Å². The van der Waals surface area contributed by atoms with E-state index >= 15 is 0 Å². The molecule has 0 spiro atoms. The van der Waals surface area contributed by atoms with Crippen molar-refractivity contribution >= 4 is 39.8 Å². The minimum absolute atomic E-state index is 0.0410. The summed E-state index contributed by atoms with van der Waals surface area (Å²) < 4.78 is 0. The molecule has 172 valence electrons. The monoisotopic (exact) mass is 473 g/mol. The van der Waals surface area contributed by atoms with E-state index in [1.54, 1.807) is 35.6 Å². The third kappa shape index (κ3) is 4.73. The van der Waals surface area contributed by atoms with Crippen LogP contribution in [0.1, 0.15) is 58.3 Å². The van der Waals surface area contributed by atoms with E-state index in [1.165, 1.54) is 4.88 Å². The Morgan fingerprint density at radius 1 is 1.12 bits per heavy atom. The van der Waals surface area contributed by atoms with Gasteiger partial charge in [0.15, 0.2) is 0 Å². The molecule has 0 bridgehead atoms. The second-order valence-electron chi connectivity index (χ2n) is 10.0. The Labute approximate surface area is 199 Å². The van der Waals surface area contributed by atoms with Crippen LogP contribution >= 0.6 is 22.9 Å². The van der Waals surface area contributed by atoms with Crippen molar-refractivity contribution in [1.29, 1.82) is 0 Å². The number of nitrogens with one attached hydrogen (secondary N) is 1. The average molecular weight is 474 g/mol. The Bertz CT molecular complexity index is 1020. The summed E-state index contributed by atoms with van der Waals surface area (Å²) >= 11 is 7.83. The predicted molar refractivity (Wildman–Crippen MR) is 132 cm³/mol. The van der Waals surface area contributed by atoms with Gasteiger partial charge in [-0.15, -0.1) is 11.3 Å². The lowest BCUT2D eigenvalue weighted by molar-refractivity contribution is 0.0664. The molecular weight excluding hydrogens is 442 g/mol. The summed E-state index contributed by atoms with van der Waals surface area (Å²) in [5.41, 5.74) is 2.46. The number of hydrogen-bond acceptors (Lipinski definition) is 4. The van der Waals surface area contributed by atoms with Gasteiger partial charge in [-0.1, -0.05) is 44.5 Å². The minimum Gasteiger partial charge on any atom is -0.336 e. The van der Waals surface area contributed by atoms with Crippen LogP contribution in [0.2, 0.25) is 5.02 Å². The second kappa shape index (κ2) is 9.16. The largest absolute Gasteiger partial charge is 0.336 e. The van der Waals surface area contributed by atoms with E-state index in [0.717, 1.165) is 37.9 Å². The Morgan fingerprint density at radius 3 is 2.47 bits per heavy atom. The lowest BCUT2D eigenvalue weighted by Crippen LogP contribution is -2.47. The van der Waals surface area contributed by atoms with Crippen LogP contribution in [-0.2, 0) is 12.8 Å². The summed E-state index contributed by atoms with van der Waals surface area (Å²) in [6, 6.07) is 7.02. The number of carbonyl (C=O) groups excluding carboxylic acids is 2. The molecule has 0 unspecified atom stereocenters. The van der Waals surface area contributed by atoms with Crippen LogP contribution < -0.4 is 5.32 Å². The van der Waals surface area contributed by atoms with Crippen LogP contribution in [0, 0.1) is 11.3 Å². The molecule has 0 saturated carbocycles. The van der Waals surface area contributed by atoms with Crippen molar-refractivity contribution in [1.82, 2.24) is 9.80 Å². The third-order valence-electron chi connectivity index (χ3n) is 6.84. The summed E-state index contributed by atoms with van der Waals surface area (Å²) in [5, 5.41) is 4.12. The highest BCUT2D eigenvalue weighted by molar-refractivity contribution is 7.17. The molecule has 7 heteroatoms. The van der Waals surface area contributed by atoms with E-state index in [-0.39, 0.29) is 17.2 Å². The van der Waals surface area contributed by atoms with E-state index in [0.29, 0.717) is 40.2 Å². The van der Waals surface area contributed by atoms with Crippen LogP contribution in [0.25, 0.3) is 0 Å². The summed E-state index contributed by atoms with van der Waals surface area (Å²) in [7, 11) is 2.08. The maximum absolute atomic E-state index is 13.7. The zero-order valence-electron chi connectivity index (χ0n) is 19.3. The molecule has 1 aliphatic carbocycles. The number of amides is 2. The average Bonchev–Trinajstić information content (AvgIpc) is 3.10. The Morgan fingerprint density at radius 2 is 1.81 bits per heavy atom. The molecule has 2 heterocycles. The van der Waals surface area contributed by atoms with Gasteiger partial charge >= 0.3 is 0 Å². The summed E-state index contributed by atoms with van der Waals surface area (Å²) in [5.74, 6) is 0.334. The van der Waals surface area contributed by atoms with Gasteiger partial charge in [0.2, 0.25) is 0 Å². The molecule has 1 aliphatic heterocycles. The number of benzene rings is 1. The van der Waals surface area contributed by atoms with E-state index in [2.05, 4.69) is 38.0 Å². The lowest BCUT2D eigenvalue weighted by Gasteiger charge is -2.35. The number of hydrogen-bond donors (Lipinski definition) is 1. The number of fused-ring (bicyclic) bond motifs is 1. The Hall–Kier alpha value is -1.89. The molecule has 0 radical (unpaired) electrons. The first-order valence-corrected chi connectivity index (χ1v) is 12.5. The summed E-state index contributed by atoms with van der Waals surface area (Å²) in [4.78, 5) is 32.1. The first-order valence-electron chi connectivity index (χ1n) is 11.3. The highest BCUT2D eigenvalue weighted by Gasteiger charge is 2.35. The van der Waals surface area contributed by atoms with Crippen molar-refractivity contribution in [2.45, 2.75) is 40.0 Å². The standard InChI is InChI=1S/C25H32ClN3O2S/c1-25(2,3)16-9-10-18-20(15-16)32-23(27-22(30)17-7-5-6-8-19(17)26)21(18)24(31)29-13-11-28(4)12-14-29/h5-8,16H,9-15H2,1-4H3,(H,27,30)/t16-/m1/s1. The van der Waals surface area contributed by atoms with Gasteiger partial charge in [-0.25, -0.2) is 0 Å². The number of rotatable bonds is 3. The predicted octanol–water partition coefficient (Wildman–Crippen LogP) is 5.19. The molecular formula is C25H32ClN3O2S. The zero-order chi connectivity index (χ0) is 23.0. The van der Waals surface area contributed by atoms with Gasteiger partial charge in [0, 0.05) is 31.1 Å². The fourth-order valence-corrected chi connectivity index (χ4v) is 6.16. The molecule has 2 aromatic rings. The van der Waals surface area contributed by atoms with Crippen LogP contribution in [-0.4, -0.2) is 54.8 Å². The Kier molecular flexibility index (Phi) is 6.66. The highest BCUT2D eigenvalue weighted by atomic mass is 35.5. The molecule has 1 aromatic heterocycles. The van der Waals surface area contributed by atoms with E-state index < -0.39 is 0 Å². The quantitative estimate of drug-likeness (QED) is 0.667. The molecule has 2 amide bonds. The highest BCUT2D eigenvalue weighted by Crippen LogP contribution is 2.45. The fourth-order valence-electron chi connectivity index (χ4n) is 4.62. The molecule has 32 heavy (non-hydrogen) atoms. The number of piperazine rings is 1. The number of carbonyl (C=O) groups is 2. The molecule has 5 nitrogen and oxygen atoms in total. The maximum Gasteiger partial charge on any atom is 0.257 e. The van der Waals surface area contributed by atoms with Crippen molar-refractivity contribution in [3.05, 3.63) is 50.9 Å². The zero-order valence-corrected chi connectivity index (χ0v) is 20.9. The first kappa shape index (κ1) is 23.3. The number of likely N-dealkylation sites (N-methyl/N-ethyl adjacent to an activating group) is 1.